The molecule has 8 nitrogen and oxygen atoms in total. The molecule has 1 aliphatic carbocycles. The van der Waals surface area contributed by atoms with Gasteiger partial charge in [0.1, 0.15) is 43.5 Å². The van der Waals surface area contributed by atoms with Crippen LogP contribution in [0.3, 0.4) is 0 Å². The molecule has 3 atom stereocenters. The van der Waals surface area contributed by atoms with Gasteiger partial charge in [-0.05, 0) is 97.4 Å². The molecule has 268 valence electrons. The van der Waals surface area contributed by atoms with Crippen LogP contribution in [0.2, 0.25) is 0 Å². The van der Waals surface area contributed by atoms with Crippen molar-refractivity contribution < 1.29 is 39.1 Å². The van der Waals surface area contributed by atoms with Crippen LogP contribution in [-0.2, 0) is 19.7 Å². The highest BCUT2D eigenvalue weighted by atomic mass is 16.6. The molecule has 7 rings (SSSR count). The molecule has 0 aliphatic heterocycles. The fourth-order valence-corrected chi connectivity index (χ4v) is 7.11. The van der Waals surface area contributed by atoms with E-state index in [-0.39, 0.29) is 26.4 Å². The van der Waals surface area contributed by atoms with E-state index in [1.807, 2.05) is 36.4 Å². The molecule has 0 saturated heterocycles. The van der Waals surface area contributed by atoms with Gasteiger partial charge in [-0.3, -0.25) is 0 Å². The minimum atomic E-state index is -1.14. The van der Waals surface area contributed by atoms with Crippen molar-refractivity contribution in [2.24, 2.45) is 0 Å². The first-order valence-electron chi connectivity index (χ1n) is 17.4. The summed E-state index contributed by atoms with van der Waals surface area (Å²) in [6.45, 7) is 6.54. The van der Waals surface area contributed by atoms with Gasteiger partial charge in [-0.15, -0.1) is 0 Å². The third-order valence-electron chi connectivity index (χ3n) is 9.57. The van der Waals surface area contributed by atoms with E-state index in [1.165, 1.54) is 28.3 Å². The van der Waals surface area contributed by atoms with Gasteiger partial charge in [0.25, 0.3) is 0 Å². The number of aliphatic hydroxyl groups is 3. The molecule has 0 amide bonds. The fourth-order valence-electron chi connectivity index (χ4n) is 7.11. The summed E-state index contributed by atoms with van der Waals surface area (Å²) < 4.78 is 21.8. The van der Waals surface area contributed by atoms with E-state index < -0.39 is 29.9 Å². The van der Waals surface area contributed by atoms with E-state index in [0.717, 1.165) is 38.7 Å². The van der Waals surface area contributed by atoms with Crippen LogP contribution in [0, 0.1) is 0 Å². The number of ether oxygens (including phenoxy) is 4. The first-order chi connectivity index (χ1) is 25.8. The third kappa shape index (κ3) is 7.18. The second-order valence-electron chi connectivity index (χ2n) is 13.0. The van der Waals surface area contributed by atoms with Crippen molar-refractivity contribution in [1.82, 2.24) is 0 Å². The number of fused-ring (bicyclic) bond motifs is 5. The average Bonchev–Trinajstić information content (AvgIpc) is 3.50. The predicted octanol–water partition coefficient (Wildman–Crippen LogP) is 7.09. The second kappa shape index (κ2) is 15.5. The summed E-state index contributed by atoms with van der Waals surface area (Å²) in [5.74, 6) is 0.613. The van der Waals surface area contributed by atoms with Gasteiger partial charge in [0.05, 0.1) is 12.0 Å². The van der Waals surface area contributed by atoms with Gasteiger partial charge >= 0.3 is 5.97 Å². The SMILES string of the molecule is C=CC(=O)OCC(O)COc1ccc2cc(C3(c4ccc5cc(OCC(O)COC(O)C=C)ccc5c4)c4ccccc4-c4ccccc43)ccc2c1. The quantitative estimate of drug-likeness (QED) is 0.0448. The van der Waals surface area contributed by atoms with Crippen molar-refractivity contribution in [3.05, 3.63) is 169 Å². The molecule has 0 bridgehead atoms. The highest BCUT2D eigenvalue weighted by Gasteiger charge is 2.46. The number of hydrogen-bond donors (Lipinski definition) is 3. The Kier molecular flexibility index (Phi) is 10.4. The molecule has 0 spiro atoms. The zero-order valence-electron chi connectivity index (χ0n) is 29.1. The van der Waals surface area contributed by atoms with Gasteiger partial charge in [-0.1, -0.05) is 98.1 Å². The zero-order valence-corrected chi connectivity index (χ0v) is 29.1. The molecule has 0 saturated carbocycles. The average molecular weight is 709 g/mol. The van der Waals surface area contributed by atoms with Crippen LogP contribution in [0.1, 0.15) is 22.3 Å². The summed E-state index contributed by atoms with van der Waals surface area (Å²) in [6, 6.07) is 42.0. The molecule has 6 aromatic carbocycles. The number of hydrogen-bond acceptors (Lipinski definition) is 8. The van der Waals surface area contributed by atoms with Crippen LogP contribution in [0.4, 0.5) is 0 Å². The van der Waals surface area contributed by atoms with Gasteiger partial charge in [0.15, 0.2) is 6.29 Å². The molecule has 0 radical (unpaired) electrons. The summed E-state index contributed by atoms with van der Waals surface area (Å²) >= 11 is 0. The molecule has 6 aromatic rings. The highest BCUT2D eigenvalue weighted by molar-refractivity contribution is 5.92. The maximum Gasteiger partial charge on any atom is 0.330 e. The van der Waals surface area contributed by atoms with Gasteiger partial charge in [0, 0.05) is 6.08 Å². The van der Waals surface area contributed by atoms with Crippen molar-refractivity contribution in [3.63, 3.8) is 0 Å². The van der Waals surface area contributed by atoms with Gasteiger partial charge in [0.2, 0.25) is 0 Å². The molecular weight excluding hydrogens is 668 g/mol. The van der Waals surface area contributed by atoms with Crippen molar-refractivity contribution in [3.8, 4) is 22.6 Å². The lowest BCUT2D eigenvalue weighted by molar-refractivity contribution is -0.141. The van der Waals surface area contributed by atoms with Gasteiger partial charge in [-0.2, -0.15) is 0 Å². The fraction of sp³-hybridized carbons (Fsp3) is 0.178. The number of carbonyl (C=O) groups is 1. The Morgan fingerprint density at radius 2 is 1.08 bits per heavy atom. The van der Waals surface area contributed by atoms with Crippen LogP contribution in [0.15, 0.2) is 147 Å². The number of rotatable bonds is 15. The summed E-state index contributed by atoms with van der Waals surface area (Å²) in [6.07, 6.45) is -0.734. The van der Waals surface area contributed by atoms with E-state index in [9.17, 15) is 20.1 Å². The molecule has 53 heavy (non-hydrogen) atoms. The van der Waals surface area contributed by atoms with Crippen LogP contribution >= 0.6 is 0 Å². The number of aliphatic hydroxyl groups excluding tert-OH is 3. The highest BCUT2D eigenvalue weighted by Crippen LogP contribution is 2.56. The van der Waals surface area contributed by atoms with Gasteiger partial charge < -0.3 is 34.3 Å². The van der Waals surface area contributed by atoms with E-state index in [0.29, 0.717) is 11.5 Å². The zero-order chi connectivity index (χ0) is 37.0. The molecule has 0 aromatic heterocycles. The Bertz CT molecular complexity index is 2250. The van der Waals surface area contributed by atoms with Crippen molar-refractivity contribution >= 4 is 27.5 Å². The summed E-state index contributed by atoms with van der Waals surface area (Å²) in [7, 11) is 0. The largest absolute Gasteiger partial charge is 0.491 e. The van der Waals surface area contributed by atoms with E-state index in [2.05, 4.69) is 98.1 Å². The molecule has 1 aliphatic rings. The first-order valence-corrected chi connectivity index (χ1v) is 17.4. The molecule has 3 unspecified atom stereocenters. The standard InChI is InChI=1S/C45H40O8/c1-3-43(48)52-27-35(46)25-50-37-19-15-29-21-33(17-13-31(29)23-37)45(41-11-7-5-9-39(41)40-10-6-8-12-42(40)45)34-18-14-32-24-38(20-16-30(32)22-34)51-26-36(47)28-53-44(49)4-2/h3-24,35-36,43,46-48H,1-2,25-28H2. The maximum absolute atomic E-state index is 11.3. The minimum absolute atomic E-state index is 0.00882. The number of benzene rings is 6. The second-order valence-corrected chi connectivity index (χ2v) is 13.0. The van der Waals surface area contributed by atoms with Crippen LogP contribution < -0.4 is 9.47 Å². The molecule has 0 heterocycles. The maximum atomic E-state index is 11.3. The summed E-state index contributed by atoms with van der Waals surface area (Å²) in [5.41, 5.74) is 6.40. The van der Waals surface area contributed by atoms with Crippen molar-refractivity contribution in [2.45, 2.75) is 23.9 Å². The van der Waals surface area contributed by atoms with E-state index in [4.69, 9.17) is 18.9 Å². The van der Waals surface area contributed by atoms with Crippen molar-refractivity contribution in [2.75, 3.05) is 26.4 Å². The van der Waals surface area contributed by atoms with E-state index >= 15 is 0 Å². The number of esters is 1. The monoisotopic (exact) mass is 708 g/mol. The third-order valence-corrected chi connectivity index (χ3v) is 9.57. The Labute approximate surface area is 307 Å². The number of carbonyl (C=O) groups excluding carboxylic acids is 1. The Morgan fingerprint density at radius 1 is 0.604 bits per heavy atom. The first kappa shape index (κ1) is 35.6. The van der Waals surface area contributed by atoms with Gasteiger partial charge in [-0.25, -0.2) is 4.79 Å². The Hall–Kier alpha value is -5.77. The predicted molar refractivity (Wildman–Crippen MR) is 205 cm³/mol. The van der Waals surface area contributed by atoms with Crippen LogP contribution in [-0.4, -0.2) is 66.2 Å². The summed E-state index contributed by atoms with van der Waals surface area (Å²) in [5, 5.41) is 34.0. The van der Waals surface area contributed by atoms with Crippen LogP contribution in [0.5, 0.6) is 11.5 Å². The summed E-state index contributed by atoms with van der Waals surface area (Å²) in [4.78, 5) is 11.3. The smallest absolute Gasteiger partial charge is 0.330 e. The van der Waals surface area contributed by atoms with Crippen molar-refractivity contribution in [1.29, 1.82) is 0 Å². The topological polar surface area (TPSA) is 115 Å². The molecule has 3 N–H and O–H groups in total. The molecule has 0 fully saturated rings. The Balaban J connectivity index is 1.23. The lowest BCUT2D eigenvalue weighted by Gasteiger charge is -2.34. The van der Waals surface area contributed by atoms with E-state index in [1.54, 1.807) is 0 Å². The Morgan fingerprint density at radius 3 is 1.58 bits per heavy atom. The normalized spacial score (nSPS) is 14.5. The lowest BCUT2D eigenvalue weighted by atomic mass is 9.67. The minimum Gasteiger partial charge on any atom is -0.491 e. The molecular formula is C45H40O8. The molecule has 8 heteroatoms. The lowest BCUT2D eigenvalue weighted by Crippen LogP contribution is -2.28. The van der Waals surface area contributed by atoms with Crippen LogP contribution in [0.25, 0.3) is 32.7 Å².